The molecule has 0 spiro atoms. The van der Waals surface area contributed by atoms with Crippen LogP contribution in [0.1, 0.15) is 49.5 Å². The minimum Gasteiger partial charge on any atom is -0.494 e. The van der Waals surface area contributed by atoms with Crippen molar-refractivity contribution in [3.05, 3.63) is 53.6 Å². The fourth-order valence-electron chi connectivity index (χ4n) is 2.90. The summed E-state index contributed by atoms with van der Waals surface area (Å²) in [6.45, 7) is 8.88. The first kappa shape index (κ1) is 22.9. The van der Waals surface area contributed by atoms with Gasteiger partial charge in [0.15, 0.2) is 0 Å². The predicted octanol–water partition coefficient (Wildman–Crippen LogP) is 4.46. The molecule has 0 aliphatic rings. The minimum absolute atomic E-state index is 0.207. The first-order valence-corrected chi connectivity index (χ1v) is 11.4. The van der Waals surface area contributed by atoms with Gasteiger partial charge in [0.1, 0.15) is 5.75 Å². The molecular formula is C22H30N2O4S. The van der Waals surface area contributed by atoms with Crippen LogP contribution < -0.4 is 10.1 Å². The number of sulfonamides is 1. The molecule has 0 aliphatic heterocycles. The third kappa shape index (κ3) is 5.81. The molecule has 0 fully saturated rings. The second-order valence-corrected chi connectivity index (χ2v) is 8.66. The molecule has 0 radical (unpaired) electrons. The van der Waals surface area contributed by atoms with Gasteiger partial charge in [-0.3, -0.25) is 4.79 Å². The molecular weight excluding hydrogens is 388 g/mol. The van der Waals surface area contributed by atoms with Crippen LogP contribution in [0.4, 0.5) is 5.69 Å². The van der Waals surface area contributed by atoms with Crippen molar-refractivity contribution in [3.8, 4) is 5.75 Å². The van der Waals surface area contributed by atoms with Crippen LogP contribution in [-0.2, 0) is 10.0 Å². The summed E-state index contributed by atoms with van der Waals surface area (Å²) in [6, 6.07) is 11.8. The van der Waals surface area contributed by atoms with Crippen LogP contribution in [0.15, 0.2) is 47.4 Å². The van der Waals surface area contributed by atoms with Gasteiger partial charge in [-0.05, 0) is 55.3 Å². The maximum absolute atomic E-state index is 12.9. The molecule has 0 aromatic heterocycles. The molecule has 0 aliphatic carbocycles. The Morgan fingerprint density at radius 3 is 2.28 bits per heavy atom. The predicted molar refractivity (Wildman–Crippen MR) is 116 cm³/mol. The molecule has 158 valence electrons. The number of anilines is 1. The first-order chi connectivity index (χ1) is 13.8. The molecule has 0 saturated carbocycles. The van der Waals surface area contributed by atoms with Crippen molar-refractivity contribution < 1.29 is 17.9 Å². The van der Waals surface area contributed by atoms with E-state index in [2.05, 4.69) is 12.2 Å². The molecule has 7 heteroatoms. The minimum atomic E-state index is -3.61. The highest BCUT2D eigenvalue weighted by Crippen LogP contribution is 2.24. The number of nitrogens with zero attached hydrogens (tertiary/aromatic N) is 1. The molecule has 29 heavy (non-hydrogen) atoms. The summed E-state index contributed by atoms with van der Waals surface area (Å²) in [5.74, 6) is 0.415. The second kappa shape index (κ2) is 10.4. The Labute approximate surface area is 173 Å². The van der Waals surface area contributed by atoms with Gasteiger partial charge in [-0.25, -0.2) is 8.42 Å². The van der Waals surface area contributed by atoms with Gasteiger partial charge in [-0.1, -0.05) is 33.3 Å². The molecule has 1 N–H and O–H groups in total. The topological polar surface area (TPSA) is 75.7 Å². The maximum atomic E-state index is 12.9. The van der Waals surface area contributed by atoms with E-state index in [-0.39, 0.29) is 10.8 Å². The van der Waals surface area contributed by atoms with Crippen LogP contribution in [0.5, 0.6) is 5.75 Å². The molecule has 2 aromatic carbocycles. The lowest BCUT2D eigenvalue weighted by atomic mass is 10.2. The SMILES string of the molecule is CCCCOc1ccc(C(=O)Nc2ccc(C)c(S(=O)(=O)N(CC)CC)c2)cc1. The molecule has 1 amide bonds. The van der Waals surface area contributed by atoms with E-state index in [9.17, 15) is 13.2 Å². The standard InChI is InChI=1S/C22H30N2O4S/c1-5-8-15-28-20-13-10-18(11-14-20)22(25)23-19-12-9-17(4)21(16-19)29(26,27)24(6-2)7-3/h9-14,16H,5-8,15H2,1-4H3,(H,23,25). The van der Waals surface area contributed by atoms with E-state index in [1.807, 2.05) is 0 Å². The van der Waals surface area contributed by atoms with E-state index in [1.54, 1.807) is 57.2 Å². The summed E-state index contributed by atoms with van der Waals surface area (Å²) in [7, 11) is -3.61. The second-order valence-electron chi connectivity index (χ2n) is 6.75. The zero-order valence-corrected chi connectivity index (χ0v) is 18.4. The van der Waals surface area contributed by atoms with Gasteiger partial charge in [0.05, 0.1) is 11.5 Å². The first-order valence-electron chi connectivity index (χ1n) is 9.98. The molecule has 0 saturated heterocycles. The highest BCUT2D eigenvalue weighted by Gasteiger charge is 2.24. The van der Waals surface area contributed by atoms with E-state index in [0.29, 0.717) is 36.5 Å². The zero-order chi connectivity index (χ0) is 21.4. The Hall–Kier alpha value is -2.38. The Morgan fingerprint density at radius 1 is 1.03 bits per heavy atom. The third-order valence-corrected chi connectivity index (χ3v) is 6.84. The van der Waals surface area contributed by atoms with Crippen molar-refractivity contribution in [2.24, 2.45) is 0 Å². The van der Waals surface area contributed by atoms with E-state index >= 15 is 0 Å². The lowest BCUT2D eigenvalue weighted by Crippen LogP contribution is -2.31. The molecule has 0 unspecified atom stereocenters. The van der Waals surface area contributed by atoms with Gasteiger partial charge in [0, 0.05) is 24.3 Å². The van der Waals surface area contributed by atoms with Crippen LogP contribution in [0.3, 0.4) is 0 Å². The summed E-state index contributed by atoms with van der Waals surface area (Å²) in [6.07, 6.45) is 2.04. The molecule has 0 bridgehead atoms. The van der Waals surface area contributed by atoms with E-state index in [1.165, 1.54) is 10.4 Å². The summed E-state index contributed by atoms with van der Waals surface area (Å²) >= 11 is 0. The number of carbonyl (C=O) groups is 1. The smallest absolute Gasteiger partial charge is 0.255 e. The van der Waals surface area contributed by atoms with Crippen molar-refractivity contribution in [2.45, 2.75) is 45.4 Å². The van der Waals surface area contributed by atoms with Gasteiger partial charge >= 0.3 is 0 Å². The van der Waals surface area contributed by atoms with Gasteiger partial charge in [-0.15, -0.1) is 0 Å². The van der Waals surface area contributed by atoms with E-state index in [4.69, 9.17) is 4.74 Å². The number of benzene rings is 2. The van der Waals surface area contributed by atoms with E-state index in [0.717, 1.165) is 18.6 Å². The van der Waals surface area contributed by atoms with Crippen LogP contribution in [0.2, 0.25) is 0 Å². The summed E-state index contributed by atoms with van der Waals surface area (Å²) < 4.78 is 32.7. The lowest BCUT2D eigenvalue weighted by molar-refractivity contribution is 0.102. The maximum Gasteiger partial charge on any atom is 0.255 e. The number of ether oxygens (including phenoxy) is 1. The van der Waals surface area contributed by atoms with Gasteiger partial charge in [0.2, 0.25) is 10.0 Å². The normalized spacial score (nSPS) is 11.5. The number of rotatable bonds is 10. The monoisotopic (exact) mass is 418 g/mol. The number of hydrogen-bond acceptors (Lipinski definition) is 4. The number of hydrogen-bond donors (Lipinski definition) is 1. The number of aryl methyl sites for hydroxylation is 1. The summed E-state index contributed by atoms with van der Waals surface area (Å²) in [5.41, 5.74) is 1.56. The quantitative estimate of drug-likeness (QED) is 0.578. The number of nitrogens with one attached hydrogen (secondary N) is 1. The largest absolute Gasteiger partial charge is 0.494 e. The Morgan fingerprint density at radius 2 is 1.69 bits per heavy atom. The average molecular weight is 419 g/mol. The highest BCUT2D eigenvalue weighted by molar-refractivity contribution is 7.89. The van der Waals surface area contributed by atoms with Crippen LogP contribution >= 0.6 is 0 Å². The van der Waals surface area contributed by atoms with Crippen molar-refractivity contribution in [1.82, 2.24) is 4.31 Å². The molecule has 0 heterocycles. The third-order valence-electron chi connectivity index (χ3n) is 4.65. The van der Waals surface area contributed by atoms with Gasteiger partial charge in [0.25, 0.3) is 5.91 Å². The fraction of sp³-hybridized carbons (Fsp3) is 0.409. The van der Waals surface area contributed by atoms with Crippen LogP contribution in [0, 0.1) is 6.92 Å². The van der Waals surface area contributed by atoms with Crippen molar-refractivity contribution in [3.63, 3.8) is 0 Å². The summed E-state index contributed by atoms with van der Waals surface area (Å²) in [5, 5.41) is 2.78. The molecule has 2 rings (SSSR count). The number of unbranched alkanes of at least 4 members (excludes halogenated alkanes) is 1. The fourth-order valence-corrected chi connectivity index (χ4v) is 4.61. The highest BCUT2D eigenvalue weighted by atomic mass is 32.2. The van der Waals surface area contributed by atoms with Crippen molar-refractivity contribution >= 4 is 21.6 Å². The zero-order valence-electron chi connectivity index (χ0n) is 17.6. The van der Waals surface area contributed by atoms with E-state index < -0.39 is 10.0 Å². The molecule has 6 nitrogen and oxygen atoms in total. The van der Waals surface area contributed by atoms with Crippen molar-refractivity contribution in [2.75, 3.05) is 25.0 Å². The summed E-state index contributed by atoms with van der Waals surface area (Å²) in [4.78, 5) is 12.8. The number of amides is 1. The lowest BCUT2D eigenvalue weighted by Gasteiger charge is -2.20. The Balaban J connectivity index is 2.17. The Bertz CT molecular complexity index is 920. The van der Waals surface area contributed by atoms with Crippen LogP contribution in [-0.4, -0.2) is 38.3 Å². The van der Waals surface area contributed by atoms with Gasteiger partial charge < -0.3 is 10.1 Å². The Kier molecular flexibility index (Phi) is 8.22. The average Bonchev–Trinajstić information content (AvgIpc) is 2.70. The van der Waals surface area contributed by atoms with Crippen molar-refractivity contribution in [1.29, 1.82) is 0 Å². The molecule has 2 aromatic rings. The van der Waals surface area contributed by atoms with Gasteiger partial charge in [-0.2, -0.15) is 4.31 Å². The number of carbonyl (C=O) groups excluding carboxylic acids is 1. The van der Waals surface area contributed by atoms with Crippen LogP contribution in [0.25, 0.3) is 0 Å². The molecule has 0 atom stereocenters.